The Morgan fingerprint density at radius 2 is 1.96 bits per heavy atom. The van der Waals surface area contributed by atoms with E-state index in [0.29, 0.717) is 23.5 Å². The van der Waals surface area contributed by atoms with E-state index in [9.17, 15) is 0 Å². The molecule has 1 heteroatoms. The minimum Gasteiger partial charge on any atom is -0.192 e. The zero-order chi connectivity index (χ0) is 19.7. The molecule has 2 aliphatic carbocycles. The lowest BCUT2D eigenvalue weighted by Crippen LogP contribution is -2.30. The first-order chi connectivity index (χ1) is 12.8. The van der Waals surface area contributed by atoms with Crippen molar-refractivity contribution in [2.45, 2.75) is 77.0 Å². The van der Waals surface area contributed by atoms with Crippen LogP contribution in [0.2, 0.25) is 0 Å². The van der Waals surface area contributed by atoms with Gasteiger partial charge in [0.25, 0.3) is 0 Å². The van der Waals surface area contributed by atoms with Gasteiger partial charge >= 0.3 is 0 Å². The maximum Gasteiger partial charge on any atom is 0.0991 e. The Labute approximate surface area is 147 Å². The average Bonchev–Trinajstić information content (AvgIpc) is 2.61. The number of hydrogen-bond acceptors (Lipinski definition) is 1. The fourth-order valence-electron chi connectivity index (χ4n) is 4.26. The first kappa shape index (κ1) is 12.1. The topological polar surface area (TPSA) is 23.8 Å². The van der Waals surface area contributed by atoms with Gasteiger partial charge in [-0.25, -0.2) is 0 Å². The van der Waals surface area contributed by atoms with E-state index in [2.05, 4.69) is 13.0 Å². The molecular weight excluding hydrogens is 278 g/mol. The summed E-state index contributed by atoms with van der Waals surface area (Å²) in [5, 5.41) is 9.00. The van der Waals surface area contributed by atoms with E-state index in [4.69, 9.17) is 10.7 Å². The Morgan fingerprint density at radius 3 is 2.70 bits per heavy atom. The Bertz CT molecular complexity index is 677. The standard InChI is InChI=1S/C22H31N/c1-2-3-4-5-17-6-11-22-15-21(13-12-20(22)14-17)19-9-7-18(16-23)8-10-19/h7-10,17,20-22H,2-6,11-15H2,1H3/i13D2,15D2. The van der Waals surface area contributed by atoms with Crippen LogP contribution >= 0.6 is 0 Å². The van der Waals surface area contributed by atoms with Gasteiger partial charge in [0.15, 0.2) is 0 Å². The number of unbranched alkanes of at least 4 members (excludes halogenated alkanes) is 2. The average molecular weight is 314 g/mol. The molecule has 0 aromatic heterocycles. The summed E-state index contributed by atoms with van der Waals surface area (Å²) in [6, 6.07) is 8.93. The smallest absolute Gasteiger partial charge is 0.0991 e. The van der Waals surface area contributed by atoms with Crippen molar-refractivity contribution in [3.63, 3.8) is 0 Å². The van der Waals surface area contributed by atoms with Gasteiger partial charge in [-0.05, 0) is 73.4 Å². The second-order valence-electron chi connectivity index (χ2n) is 7.28. The van der Waals surface area contributed by atoms with E-state index >= 15 is 0 Å². The molecule has 1 aromatic carbocycles. The predicted octanol–water partition coefficient (Wildman–Crippen LogP) is 6.44. The van der Waals surface area contributed by atoms with Crippen molar-refractivity contribution < 1.29 is 5.48 Å². The Kier molecular flexibility index (Phi) is 4.22. The van der Waals surface area contributed by atoms with Gasteiger partial charge in [0, 0.05) is 5.48 Å². The highest BCUT2D eigenvalue weighted by molar-refractivity contribution is 5.33. The molecule has 3 rings (SSSR count). The first-order valence-corrected chi connectivity index (χ1v) is 9.29. The van der Waals surface area contributed by atoms with Crippen LogP contribution in [0.15, 0.2) is 24.3 Å². The van der Waals surface area contributed by atoms with Gasteiger partial charge in [0.2, 0.25) is 0 Å². The fourth-order valence-corrected chi connectivity index (χ4v) is 4.26. The van der Waals surface area contributed by atoms with Gasteiger partial charge in [-0.1, -0.05) is 51.2 Å². The van der Waals surface area contributed by atoms with Gasteiger partial charge in [-0.3, -0.25) is 0 Å². The molecule has 2 saturated carbocycles. The summed E-state index contributed by atoms with van der Waals surface area (Å²) in [5.74, 6) is -0.0547. The van der Waals surface area contributed by atoms with E-state index in [1.807, 2.05) is 0 Å². The molecule has 1 nitrogen and oxygen atoms in total. The summed E-state index contributed by atoms with van der Waals surface area (Å²) in [6.45, 7) is 2.21. The number of fused-ring (bicyclic) bond motifs is 1. The third-order valence-corrected chi connectivity index (χ3v) is 5.64. The molecule has 0 saturated heterocycles. The van der Waals surface area contributed by atoms with Crippen LogP contribution in [0.1, 0.15) is 93.6 Å². The monoisotopic (exact) mass is 313 g/mol. The van der Waals surface area contributed by atoms with Crippen LogP contribution in [0, 0.1) is 29.1 Å². The van der Waals surface area contributed by atoms with Crippen molar-refractivity contribution in [2.75, 3.05) is 0 Å². The molecule has 0 spiro atoms. The van der Waals surface area contributed by atoms with Crippen LogP contribution < -0.4 is 0 Å². The summed E-state index contributed by atoms with van der Waals surface area (Å²) in [7, 11) is 0. The zero-order valence-corrected chi connectivity index (χ0v) is 14.2. The van der Waals surface area contributed by atoms with E-state index in [1.165, 1.54) is 25.7 Å². The van der Waals surface area contributed by atoms with Crippen molar-refractivity contribution in [3.8, 4) is 6.07 Å². The van der Waals surface area contributed by atoms with Gasteiger partial charge in [0.1, 0.15) is 0 Å². The second-order valence-corrected chi connectivity index (χ2v) is 7.28. The molecule has 1 aromatic rings. The highest BCUT2D eigenvalue weighted by Gasteiger charge is 2.35. The van der Waals surface area contributed by atoms with Crippen molar-refractivity contribution >= 4 is 0 Å². The van der Waals surface area contributed by atoms with E-state index in [1.54, 1.807) is 24.3 Å². The molecule has 0 bridgehead atoms. The lowest BCUT2D eigenvalue weighted by atomic mass is 9.63. The second kappa shape index (κ2) is 8.00. The minimum absolute atomic E-state index is 0.0654. The Morgan fingerprint density at radius 1 is 1.13 bits per heavy atom. The molecule has 0 amide bonds. The SMILES string of the molecule is [2H]C1([2H])CC2CC(CCCCC)CCC2C([2H])([2H])C1c1ccc(C#N)cc1. The molecule has 0 N–H and O–H groups in total. The highest BCUT2D eigenvalue weighted by Crippen LogP contribution is 2.48. The van der Waals surface area contributed by atoms with Gasteiger partial charge in [0.05, 0.1) is 11.6 Å². The lowest BCUT2D eigenvalue weighted by molar-refractivity contribution is 0.113. The third kappa shape index (κ3) is 4.17. The molecule has 23 heavy (non-hydrogen) atoms. The van der Waals surface area contributed by atoms with Crippen LogP contribution in [0.3, 0.4) is 0 Å². The molecule has 124 valence electrons. The summed E-state index contributed by atoms with van der Waals surface area (Å²) in [4.78, 5) is 0. The van der Waals surface area contributed by atoms with Crippen molar-refractivity contribution in [3.05, 3.63) is 35.4 Å². The number of nitrogens with zero attached hydrogens (tertiary/aromatic N) is 1. The number of benzene rings is 1. The van der Waals surface area contributed by atoms with E-state index < -0.39 is 18.7 Å². The van der Waals surface area contributed by atoms with E-state index in [-0.39, 0.29) is 11.8 Å². The summed E-state index contributed by atoms with van der Waals surface area (Å²) < 4.78 is 35.2. The molecule has 4 unspecified atom stereocenters. The predicted molar refractivity (Wildman–Crippen MR) is 96.2 cm³/mol. The van der Waals surface area contributed by atoms with Crippen LogP contribution in [0.5, 0.6) is 0 Å². The summed E-state index contributed by atoms with van der Waals surface area (Å²) >= 11 is 0. The van der Waals surface area contributed by atoms with Crippen LogP contribution in [0.4, 0.5) is 0 Å². The Balaban J connectivity index is 1.81. The molecule has 0 aliphatic heterocycles. The van der Waals surface area contributed by atoms with E-state index in [0.717, 1.165) is 19.3 Å². The number of hydrogen-bond donors (Lipinski definition) is 0. The van der Waals surface area contributed by atoms with Gasteiger partial charge in [-0.2, -0.15) is 5.26 Å². The van der Waals surface area contributed by atoms with Crippen LogP contribution in [-0.2, 0) is 0 Å². The fraction of sp³-hybridized carbons (Fsp3) is 0.682. The maximum absolute atomic E-state index is 9.00. The quantitative estimate of drug-likeness (QED) is 0.574. The summed E-state index contributed by atoms with van der Waals surface area (Å²) in [5.41, 5.74) is 1.22. The molecular formula is C22H31N. The largest absolute Gasteiger partial charge is 0.192 e. The van der Waals surface area contributed by atoms with Crippen molar-refractivity contribution in [2.24, 2.45) is 17.8 Å². The van der Waals surface area contributed by atoms with Crippen molar-refractivity contribution in [1.82, 2.24) is 0 Å². The van der Waals surface area contributed by atoms with Gasteiger partial charge in [-0.15, -0.1) is 0 Å². The molecule has 0 radical (unpaired) electrons. The minimum atomic E-state index is -1.57. The van der Waals surface area contributed by atoms with Crippen LogP contribution in [-0.4, -0.2) is 0 Å². The molecule has 0 heterocycles. The first-order valence-electron chi connectivity index (χ1n) is 11.3. The Hall–Kier alpha value is -1.29. The molecule has 2 aliphatic rings. The number of nitriles is 1. The van der Waals surface area contributed by atoms with Crippen LogP contribution in [0.25, 0.3) is 0 Å². The van der Waals surface area contributed by atoms with Crippen molar-refractivity contribution in [1.29, 1.82) is 5.26 Å². The molecule has 4 atom stereocenters. The third-order valence-electron chi connectivity index (χ3n) is 5.64. The lowest BCUT2D eigenvalue weighted by Gasteiger charge is -2.42. The molecule has 2 fully saturated rings. The highest BCUT2D eigenvalue weighted by atomic mass is 14.4. The van der Waals surface area contributed by atoms with Gasteiger partial charge < -0.3 is 0 Å². The number of rotatable bonds is 5. The zero-order valence-electron chi connectivity index (χ0n) is 18.2. The summed E-state index contributed by atoms with van der Waals surface area (Å²) in [6.07, 6.45) is 5.18. The maximum atomic E-state index is 9.00. The normalized spacial score (nSPS) is 37.4.